The molecule has 0 saturated heterocycles. The summed E-state index contributed by atoms with van der Waals surface area (Å²) in [5.74, 6) is -0.176. The minimum atomic E-state index is -0.125. The Kier molecular flexibility index (Phi) is 8.75. The van der Waals surface area contributed by atoms with Crippen molar-refractivity contribution in [2.75, 3.05) is 13.1 Å². The first-order valence-corrected chi connectivity index (χ1v) is 6.43. The first-order valence-electron chi connectivity index (χ1n) is 6.43. The third kappa shape index (κ3) is 6.21. The van der Waals surface area contributed by atoms with Crippen molar-refractivity contribution >= 4 is 24.2 Å². The lowest BCUT2D eigenvalue weighted by atomic mass is 9.85. The lowest BCUT2D eigenvalue weighted by Crippen LogP contribution is -2.42. The Hall–Kier alpha value is -0.810. The van der Waals surface area contributed by atoms with E-state index in [9.17, 15) is 9.59 Å². The predicted octanol–water partition coefficient (Wildman–Crippen LogP) is 0.568. The molecule has 2 atom stereocenters. The molecule has 0 aromatic rings. The first kappa shape index (κ1) is 17.2. The smallest absolute Gasteiger partial charge is 0.239 e. The summed E-state index contributed by atoms with van der Waals surface area (Å²) in [7, 11) is 0. The van der Waals surface area contributed by atoms with Crippen molar-refractivity contribution in [3.05, 3.63) is 0 Å². The minimum absolute atomic E-state index is 0. The molecule has 0 aliphatic heterocycles. The second-order valence-corrected chi connectivity index (χ2v) is 4.69. The number of hydrogen-bond donors (Lipinski definition) is 3. The highest BCUT2D eigenvalue weighted by Crippen LogP contribution is 2.22. The van der Waals surface area contributed by atoms with E-state index in [0.717, 1.165) is 32.1 Å². The highest BCUT2D eigenvalue weighted by atomic mass is 35.5. The molecule has 2 unspecified atom stereocenters. The van der Waals surface area contributed by atoms with Crippen LogP contribution in [0, 0.1) is 5.92 Å². The van der Waals surface area contributed by atoms with Crippen LogP contribution in [0.5, 0.6) is 0 Å². The third-order valence-electron chi connectivity index (χ3n) is 3.08. The zero-order valence-corrected chi connectivity index (χ0v) is 11.7. The number of halogens is 1. The standard InChI is InChI=1S/C12H23N3O2.ClH/c1-2-6-14-11(16)8-15-12(17)9-4-3-5-10(13)7-9;/h9-10H,2-8,13H2,1H3,(H,14,16)(H,15,17);1H. The van der Waals surface area contributed by atoms with Crippen molar-refractivity contribution < 1.29 is 9.59 Å². The summed E-state index contributed by atoms with van der Waals surface area (Å²) in [4.78, 5) is 23.1. The van der Waals surface area contributed by atoms with Gasteiger partial charge in [-0.25, -0.2) is 0 Å². The highest BCUT2D eigenvalue weighted by molar-refractivity contribution is 5.86. The molecule has 1 rings (SSSR count). The van der Waals surface area contributed by atoms with Gasteiger partial charge in [0.15, 0.2) is 0 Å². The summed E-state index contributed by atoms with van der Waals surface area (Å²) in [6.07, 6.45) is 4.53. The Bertz CT molecular complexity index is 274. The molecule has 0 bridgehead atoms. The molecule has 1 aliphatic rings. The molecular weight excluding hydrogens is 254 g/mol. The maximum absolute atomic E-state index is 11.8. The topological polar surface area (TPSA) is 84.2 Å². The summed E-state index contributed by atoms with van der Waals surface area (Å²) in [6, 6.07) is 0.133. The Balaban J connectivity index is 0.00000289. The van der Waals surface area contributed by atoms with Gasteiger partial charge in [-0.1, -0.05) is 13.3 Å². The van der Waals surface area contributed by atoms with Gasteiger partial charge >= 0.3 is 0 Å². The van der Waals surface area contributed by atoms with Crippen LogP contribution in [0.1, 0.15) is 39.0 Å². The molecule has 0 spiro atoms. The van der Waals surface area contributed by atoms with Crippen molar-refractivity contribution in [2.24, 2.45) is 11.7 Å². The van der Waals surface area contributed by atoms with Gasteiger partial charge < -0.3 is 16.4 Å². The van der Waals surface area contributed by atoms with Gasteiger partial charge in [-0.15, -0.1) is 12.4 Å². The molecule has 0 aromatic heterocycles. The summed E-state index contributed by atoms with van der Waals surface area (Å²) < 4.78 is 0. The van der Waals surface area contributed by atoms with E-state index in [-0.39, 0.29) is 42.7 Å². The maximum Gasteiger partial charge on any atom is 0.239 e. The lowest BCUT2D eigenvalue weighted by molar-refractivity contribution is -0.129. The van der Waals surface area contributed by atoms with Gasteiger partial charge in [0.2, 0.25) is 11.8 Å². The van der Waals surface area contributed by atoms with Crippen LogP contribution in [0.3, 0.4) is 0 Å². The predicted molar refractivity (Wildman–Crippen MR) is 73.5 cm³/mol. The fraction of sp³-hybridized carbons (Fsp3) is 0.833. The van der Waals surface area contributed by atoms with Crippen LogP contribution >= 0.6 is 12.4 Å². The lowest BCUT2D eigenvalue weighted by Gasteiger charge is -2.25. The molecule has 0 aromatic carbocycles. The van der Waals surface area contributed by atoms with Crippen molar-refractivity contribution in [3.63, 3.8) is 0 Å². The Morgan fingerprint density at radius 1 is 1.28 bits per heavy atom. The summed E-state index contributed by atoms with van der Waals surface area (Å²) in [5.41, 5.74) is 5.83. The van der Waals surface area contributed by atoms with Crippen LogP contribution in [0.25, 0.3) is 0 Å². The molecule has 0 heterocycles. The molecule has 1 fully saturated rings. The minimum Gasteiger partial charge on any atom is -0.355 e. The zero-order valence-electron chi connectivity index (χ0n) is 10.9. The number of carbonyl (C=O) groups excluding carboxylic acids is 2. The van der Waals surface area contributed by atoms with Gasteiger partial charge in [-0.05, 0) is 25.7 Å². The highest BCUT2D eigenvalue weighted by Gasteiger charge is 2.25. The zero-order chi connectivity index (χ0) is 12.7. The van der Waals surface area contributed by atoms with Crippen LogP contribution in [-0.4, -0.2) is 30.9 Å². The number of amides is 2. The Labute approximate surface area is 115 Å². The van der Waals surface area contributed by atoms with Crippen molar-refractivity contribution in [2.45, 2.75) is 45.1 Å². The van der Waals surface area contributed by atoms with Gasteiger partial charge in [0.05, 0.1) is 6.54 Å². The van der Waals surface area contributed by atoms with Crippen LogP contribution in [-0.2, 0) is 9.59 Å². The molecule has 5 nitrogen and oxygen atoms in total. The Morgan fingerprint density at radius 2 is 2.00 bits per heavy atom. The van der Waals surface area contributed by atoms with Crippen LogP contribution in [0.4, 0.5) is 0 Å². The number of hydrogen-bond acceptors (Lipinski definition) is 3. The third-order valence-corrected chi connectivity index (χ3v) is 3.08. The second-order valence-electron chi connectivity index (χ2n) is 4.69. The summed E-state index contributed by atoms with van der Waals surface area (Å²) in [5, 5.41) is 5.40. The molecule has 2 amide bonds. The average molecular weight is 278 g/mol. The fourth-order valence-corrected chi connectivity index (χ4v) is 2.10. The molecule has 1 aliphatic carbocycles. The van der Waals surface area contributed by atoms with Crippen molar-refractivity contribution in [1.29, 1.82) is 0 Å². The molecule has 6 heteroatoms. The SMILES string of the molecule is CCCNC(=O)CNC(=O)C1CCCC(N)C1.Cl. The monoisotopic (exact) mass is 277 g/mol. The van der Waals surface area contributed by atoms with E-state index in [1.54, 1.807) is 0 Å². The number of rotatable bonds is 5. The van der Waals surface area contributed by atoms with Crippen LogP contribution < -0.4 is 16.4 Å². The van der Waals surface area contributed by atoms with Gasteiger partial charge in [-0.2, -0.15) is 0 Å². The molecular formula is C12H24ClN3O2. The van der Waals surface area contributed by atoms with E-state index < -0.39 is 0 Å². The van der Waals surface area contributed by atoms with E-state index in [0.29, 0.717) is 6.54 Å². The van der Waals surface area contributed by atoms with Crippen LogP contribution in [0.15, 0.2) is 0 Å². The maximum atomic E-state index is 11.8. The van der Waals surface area contributed by atoms with E-state index in [4.69, 9.17) is 5.73 Å². The molecule has 1 saturated carbocycles. The van der Waals surface area contributed by atoms with E-state index >= 15 is 0 Å². The average Bonchev–Trinajstić information content (AvgIpc) is 2.33. The Morgan fingerprint density at radius 3 is 2.61 bits per heavy atom. The van der Waals surface area contributed by atoms with Gasteiger partial charge in [0.1, 0.15) is 0 Å². The second kappa shape index (κ2) is 9.16. The normalized spacial score (nSPS) is 22.8. The molecule has 4 N–H and O–H groups in total. The number of carbonyl (C=O) groups is 2. The fourth-order valence-electron chi connectivity index (χ4n) is 2.10. The van der Waals surface area contributed by atoms with Crippen molar-refractivity contribution in [3.8, 4) is 0 Å². The quantitative estimate of drug-likeness (QED) is 0.687. The van der Waals surface area contributed by atoms with E-state index in [2.05, 4.69) is 10.6 Å². The largest absolute Gasteiger partial charge is 0.355 e. The molecule has 0 radical (unpaired) electrons. The van der Waals surface area contributed by atoms with Crippen LogP contribution in [0.2, 0.25) is 0 Å². The summed E-state index contributed by atoms with van der Waals surface area (Å²) in [6.45, 7) is 2.72. The molecule has 106 valence electrons. The van der Waals surface area contributed by atoms with Gasteiger partial charge in [0, 0.05) is 18.5 Å². The van der Waals surface area contributed by atoms with E-state index in [1.807, 2.05) is 6.92 Å². The van der Waals surface area contributed by atoms with Gasteiger partial charge in [-0.3, -0.25) is 9.59 Å². The first-order chi connectivity index (χ1) is 8.13. The van der Waals surface area contributed by atoms with Crippen molar-refractivity contribution in [1.82, 2.24) is 10.6 Å². The summed E-state index contributed by atoms with van der Waals surface area (Å²) >= 11 is 0. The van der Waals surface area contributed by atoms with E-state index in [1.165, 1.54) is 0 Å². The molecule has 18 heavy (non-hydrogen) atoms. The van der Waals surface area contributed by atoms with Gasteiger partial charge in [0.25, 0.3) is 0 Å². The number of nitrogens with one attached hydrogen (secondary N) is 2. The number of nitrogens with two attached hydrogens (primary N) is 1.